The van der Waals surface area contributed by atoms with Crippen LogP contribution in [0.1, 0.15) is 92.4 Å². The Hall–Kier alpha value is -1.06. The van der Waals surface area contributed by atoms with Crippen LogP contribution in [-0.2, 0) is 19.1 Å². The standard InChI is InChI=1S/C25H40O4/c1-15(28-16(2)26)23-22(29-17(3)27)14-21-19-10-9-18-8-6-7-12-24(18,4)20(19)11-13-25(21,23)5/h15,18-23H,6-14H2,1-5H3/t15-,18-,19-,20+,21+,22+,23+,24+,25+/m1/s1. The van der Waals surface area contributed by atoms with Crippen molar-refractivity contribution in [3.8, 4) is 0 Å². The first-order valence-electron chi connectivity index (χ1n) is 12.0. The molecule has 29 heavy (non-hydrogen) atoms. The van der Waals surface area contributed by atoms with Crippen LogP contribution in [0.2, 0.25) is 0 Å². The van der Waals surface area contributed by atoms with Crippen LogP contribution in [0.25, 0.3) is 0 Å². The third-order valence-corrected chi connectivity index (χ3v) is 9.84. The summed E-state index contributed by atoms with van der Waals surface area (Å²) in [4.78, 5) is 23.6. The van der Waals surface area contributed by atoms with Gasteiger partial charge >= 0.3 is 11.9 Å². The highest BCUT2D eigenvalue weighted by molar-refractivity contribution is 5.67. The molecule has 0 amide bonds. The predicted molar refractivity (Wildman–Crippen MR) is 112 cm³/mol. The number of carbonyl (C=O) groups excluding carboxylic acids is 2. The first-order valence-corrected chi connectivity index (χ1v) is 12.0. The van der Waals surface area contributed by atoms with E-state index in [9.17, 15) is 9.59 Å². The third-order valence-electron chi connectivity index (χ3n) is 9.84. The van der Waals surface area contributed by atoms with Crippen LogP contribution in [0.5, 0.6) is 0 Å². The number of carbonyl (C=O) groups is 2. The molecule has 4 fully saturated rings. The molecule has 0 aromatic carbocycles. The lowest BCUT2D eigenvalue weighted by molar-refractivity contribution is -0.163. The van der Waals surface area contributed by atoms with E-state index in [0.717, 1.165) is 30.6 Å². The highest BCUT2D eigenvalue weighted by Gasteiger charge is 2.64. The molecule has 4 heteroatoms. The van der Waals surface area contributed by atoms with Crippen molar-refractivity contribution in [1.29, 1.82) is 0 Å². The van der Waals surface area contributed by atoms with E-state index in [1.54, 1.807) is 0 Å². The average Bonchev–Trinajstić information content (AvgIpc) is 2.91. The van der Waals surface area contributed by atoms with Crippen molar-refractivity contribution in [2.24, 2.45) is 40.4 Å². The molecule has 0 heterocycles. The van der Waals surface area contributed by atoms with E-state index < -0.39 is 0 Å². The van der Waals surface area contributed by atoms with Crippen LogP contribution in [0.15, 0.2) is 0 Å². The SMILES string of the molecule is CC(=O)O[C@H]1C[C@H]2[C@@H]3CC[C@H]4CCCC[C@]4(C)[C@H]3CC[C@]2(C)[C@H]1[C@@H](C)OC(C)=O. The van der Waals surface area contributed by atoms with Crippen molar-refractivity contribution >= 4 is 11.9 Å². The van der Waals surface area contributed by atoms with Crippen molar-refractivity contribution < 1.29 is 19.1 Å². The van der Waals surface area contributed by atoms with Gasteiger partial charge in [-0.3, -0.25) is 9.59 Å². The van der Waals surface area contributed by atoms with E-state index in [0.29, 0.717) is 11.3 Å². The maximum Gasteiger partial charge on any atom is 0.302 e. The first kappa shape index (κ1) is 21.2. The van der Waals surface area contributed by atoms with Gasteiger partial charge in [0.05, 0.1) is 0 Å². The Morgan fingerprint density at radius 2 is 1.66 bits per heavy atom. The Morgan fingerprint density at radius 1 is 0.897 bits per heavy atom. The molecular formula is C25H40O4. The van der Waals surface area contributed by atoms with E-state index in [1.165, 1.54) is 58.8 Å². The van der Waals surface area contributed by atoms with Crippen LogP contribution in [0.4, 0.5) is 0 Å². The Labute approximate surface area is 176 Å². The number of ether oxygens (including phenoxy) is 2. The minimum absolute atomic E-state index is 0.0774. The molecule has 4 aliphatic carbocycles. The minimum atomic E-state index is -0.241. The summed E-state index contributed by atoms with van der Waals surface area (Å²) in [6.07, 6.45) is 11.3. The molecule has 4 rings (SSSR count). The lowest BCUT2D eigenvalue weighted by Gasteiger charge is -2.60. The van der Waals surface area contributed by atoms with Crippen molar-refractivity contribution in [1.82, 2.24) is 0 Å². The summed E-state index contributed by atoms with van der Waals surface area (Å²) in [7, 11) is 0. The summed E-state index contributed by atoms with van der Waals surface area (Å²) in [5.41, 5.74) is 0.576. The molecule has 0 unspecified atom stereocenters. The molecule has 4 saturated carbocycles. The molecule has 0 aromatic rings. The summed E-state index contributed by atoms with van der Waals surface area (Å²) >= 11 is 0. The van der Waals surface area contributed by atoms with Gasteiger partial charge in [-0.25, -0.2) is 0 Å². The van der Waals surface area contributed by atoms with E-state index in [-0.39, 0.29) is 35.5 Å². The Morgan fingerprint density at radius 3 is 2.34 bits per heavy atom. The minimum Gasteiger partial charge on any atom is -0.462 e. The maximum absolute atomic E-state index is 11.9. The van der Waals surface area contributed by atoms with Crippen molar-refractivity contribution in [2.75, 3.05) is 0 Å². The molecule has 0 aliphatic heterocycles. The summed E-state index contributed by atoms with van der Waals surface area (Å²) < 4.78 is 11.5. The van der Waals surface area contributed by atoms with Crippen LogP contribution in [0, 0.1) is 40.4 Å². The van der Waals surface area contributed by atoms with Gasteiger partial charge in [-0.15, -0.1) is 0 Å². The van der Waals surface area contributed by atoms with Gasteiger partial charge < -0.3 is 9.47 Å². The molecular weight excluding hydrogens is 364 g/mol. The van der Waals surface area contributed by atoms with Gasteiger partial charge in [-0.1, -0.05) is 26.7 Å². The van der Waals surface area contributed by atoms with Gasteiger partial charge in [0.25, 0.3) is 0 Å². The first-order chi connectivity index (χ1) is 13.7. The maximum atomic E-state index is 11.9. The topological polar surface area (TPSA) is 52.6 Å². The fraction of sp³-hybridized carbons (Fsp3) is 0.920. The van der Waals surface area contributed by atoms with E-state index in [4.69, 9.17) is 9.47 Å². The van der Waals surface area contributed by atoms with Crippen molar-refractivity contribution in [3.05, 3.63) is 0 Å². The zero-order valence-corrected chi connectivity index (χ0v) is 19.0. The summed E-state index contributed by atoms with van der Waals surface area (Å²) in [6, 6.07) is 0. The monoisotopic (exact) mass is 404 g/mol. The van der Waals surface area contributed by atoms with Gasteiger partial charge in [0.2, 0.25) is 0 Å². The molecule has 0 bridgehead atoms. The lowest BCUT2D eigenvalue weighted by Crippen LogP contribution is -2.53. The number of hydrogen-bond donors (Lipinski definition) is 0. The van der Waals surface area contributed by atoms with E-state index in [1.807, 2.05) is 6.92 Å². The second-order valence-electron chi connectivity index (χ2n) is 11.2. The highest BCUT2D eigenvalue weighted by Crippen LogP contribution is 2.68. The van der Waals surface area contributed by atoms with Crippen molar-refractivity contribution in [3.63, 3.8) is 0 Å². The molecule has 0 spiro atoms. The molecule has 4 nitrogen and oxygen atoms in total. The number of esters is 2. The smallest absolute Gasteiger partial charge is 0.302 e. The Bertz CT molecular complexity index is 659. The molecule has 0 N–H and O–H groups in total. The molecule has 9 atom stereocenters. The fourth-order valence-electron chi connectivity index (χ4n) is 8.83. The van der Waals surface area contributed by atoms with Crippen LogP contribution in [-0.4, -0.2) is 24.1 Å². The fourth-order valence-corrected chi connectivity index (χ4v) is 8.83. The average molecular weight is 405 g/mol. The Balaban J connectivity index is 1.64. The van der Waals surface area contributed by atoms with Crippen LogP contribution >= 0.6 is 0 Å². The van der Waals surface area contributed by atoms with Crippen molar-refractivity contribution in [2.45, 2.75) is 105 Å². The Kier molecular flexibility index (Phi) is 5.53. The van der Waals surface area contributed by atoms with Gasteiger partial charge in [0, 0.05) is 19.8 Å². The van der Waals surface area contributed by atoms with Crippen LogP contribution < -0.4 is 0 Å². The predicted octanol–water partition coefficient (Wildman–Crippen LogP) is 5.53. The quantitative estimate of drug-likeness (QED) is 0.581. The second kappa shape index (κ2) is 7.57. The van der Waals surface area contributed by atoms with Gasteiger partial charge in [-0.05, 0) is 86.4 Å². The summed E-state index contributed by atoms with van der Waals surface area (Å²) in [6.45, 7) is 9.98. The number of fused-ring (bicyclic) bond motifs is 5. The molecule has 0 saturated heterocycles. The largest absolute Gasteiger partial charge is 0.462 e. The summed E-state index contributed by atoms with van der Waals surface area (Å²) in [5, 5.41) is 0. The molecule has 164 valence electrons. The lowest BCUT2D eigenvalue weighted by atomic mass is 9.45. The third kappa shape index (κ3) is 3.43. The number of hydrogen-bond acceptors (Lipinski definition) is 4. The van der Waals surface area contributed by atoms with E-state index in [2.05, 4.69) is 13.8 Å². The molecule has 4 aliphatic rings. The second-order valence-corrected chi connectivity index (χ2v) is 11.2. The van der Waals surface area contributed by atoms with Gasteiger partial charge in [0.1, 0.15) is 12.2 Å². The summed E-state index contributed by atoms with van der Waals surface area (Å²) in [5.74, 6) is 2.64. The molecule has 0 radical (unpaired) electrons. The highest BCUT2D eigenvalue weighted by atomic mass is 16.6. The van der Waals surface area contributed by atoms with Gasteiger partial charge in [0.15, 0.2) is 0 Å². The molecule has 0 aromatic heterocycles. The van der Waals surface area contributed by atoms with Gasteiger partial charge in [-0.2, -0.15) is 0 Å². The van der Waals surface area contributed by atoms with E-state index >= 15 is 0 Å². The normalized spacial score (nSPS) is 47.3. The number of rotatable bonds is 3. The zero-order chi connectivity index (χ0) is 21.0. The van der Waals surface area contributed by atoms with Crippen LogP contribution in [0.3, 0.4) is 0 Å². The zero-order valence-electron chi connectivity index (χ0n) is 19.0.